The summed E-state index contributed by atoms with van der Waals surface area (Å²) in [4.78, 5) is 15.6. The van der Waals surface area contributed by atoms with Crippen LogP contribution >= 0.6 is 11.3 Å². The fraction of sp³-hybridized carbons (Fsp3) is 0.545. The number of aromatic nitrogens is 1. The van der Waals surface area contributed by atoms with Gasteiger partial charge in [-0.15, -0.1) is 11.3 Å². The summed E-state index contributed by atoms with van der Waals surface area (Å²) in [5.74, 6) is 0. The molecule has 0 aliphatic heterocycles. The second-order valence-electron chi connectivity index (χ2n) is 4.61. The summed E-state index contributed by atoms with van der Waals surface area (Å²) in [6, 6.07) is 0. The van der Waals surface area contributed by atoms with Gasteiger partial charge in [0.25, 0.3) is 0 Å². The van der Waals surface area contributed by atoms with Crippen molar-refractivity contribution in [3.8, 4) is 0 Å². The number of nitrogens with one attached hydrogen (secondary N) is 2. The summed E-state index contributed by atoms with van der Waals surface area (Å²) in [6.45, 7) is 7.44. The van der Waals surface area contributed by atoms with Crippen molar-refractivity contribution >= 4 is 23.1 Å². The minimum absolute atomic E-state index is 0.326. The van der Waals surface area contributed by atoms with Crippen LogP contribution in [0.4, 0.5) is 4.79 Å². The molecule has 0 fully saturated rings. The number of alkyl carbamates (subject to hydrolysis) is 1. The van der Waals surface area contributed by atoms with Crippen LogP contribution in [0.3, 0.4) is 0 Å². The molecule has 0 aliphatic carbocycles. The summed E-state index contributed by atoms with van der Waals surface area (Å²) >= 11 is 1.42. The van der Waals surface area contributed by atoms with Crippen molar-refractivity contribution in [3.63, 3.8) is 0 Å². The standard InChI is InChI=1S/C11H17N3O2S/c1-7(12)8-6-17-9(14-8)5-13-10(15)16-11(2,3)4/h6,12H,5H2,1-4H3,(H,13,15). The Morgan fingerprint density at radius 3 is 2.71 bits per heavy atom. The van der Waals surface area contributed by atoms with Gasteiger partial charge in [-0.3, -0.25) is 0 Å². The van der Waals surface area contributed by atoms with E-state index >= 15 is 0 Å². The average molecular weight is 255 g/mol. The van der Waals surface area contributed by atoms with Gasteiger partial charge in [-0.05, 0) is 27.7 Å². The van der Waals surface area contributed by atoms with E-state index in [2.05, 4.69) is 10.3 Å². The Kier molecular flexibility index (Phi) is 4.22. The molecule has 0 radical (unpaired) electrons. The minimum Gasteiger partial charge on any atom is -0.444 e. The number of carbonyl (C=O) groups is 1. The molecule has 0 spiro atoms. The number of nitrogens with zero attached hydrogens (tertiary/aromatic N) is 1. The predicted octanol–water partition coefficient (Wildman–Crippen LogP) is 2.56. The van der Waals surface area contributed by atoms with Crippen LogP contribution < -0.4 is 5.32 Å². The first-order chi connectivity index (χ1) is 7.78. The molecule has 94 valence electrons. The Morgan fingerprint density at radius 1 is 1.59 bits per heavy atom. The first kappa shape index (κ1) is 13.6. The number of rotatable bonds is 3. The fourth-order valence-electron chi connectivity index (χ4n) is 1.03. The van der Waals surface area contributed by atoms with Gasteiger partial charge in [0.2, 0.25) is 0 Å². The molecule has 0 aliphatic rings. The largest absolute Gasteiger partial charge is 0.444 e. The molecule has 1 aromatic rings. The van der Waals surface area contributed by atoms with Crippen molar-refractivity contribution < 1.29 is 9.53 Å². The Bertz CT molecular complexity index is 421. The van der Waals surface area contributed by atoms with Crippen LogP contribution in [0.25, 0.3) is 0 Å². The Hall–Kier alpha value is -1.43. The number of thiazole rings is 1. The molecule has 6 heteroatoms. The van der Waals surface area contributed by atoms with Crippen molar-refractivity contribution in [1.82, 2.24) is 10.3 Å². The zero-order chi connectivity index (χ0) is 13.1. The molecule has 2 N–H and O–H groups in total. The monoisotopic (exact) mass is 255 g/mol. The summed E-state index contributed by atoms with van der Waals surface area (Å²) in [5, 5.41) is 12.6. The summed E-state index contributed by atoms with van der Waals surface area (Å²) in [5.41, 5.74) is 0.574. The van der Waals surface area contributed by atoms with Gasteiger partial charge in [-0.25, -0.2) is 9.78 Å². The average Bonchev–Trinajstić information content (AvgIpc) is 2.60. The van der Waals surface area contributed by atoms with Crippen LogP contribution in [0.5, 0.6) is 0 Å². The maximum atomic E-state index is 11.4. The molecule has 0 saturated heterocycles. The van der Waals surface area contributed by atoms with E-state index in [9.17, 15) is 4.79 Å². The van der Waals surface area contributed by atoms with E-state index in [4.69, 9.17) is 10.1 Å². The Morgan fingerprint density at radius 2 is 2.24 bits per heavy atom. The van der Waals surface area contributed by atoms with Gasteiger partial charge in [0.1, 0.15) is 10.6 Å². The highest BCUT2D eigenvalue weighted by atomic mass is 32.1. The molecule has 0 atom stereocenters. The molecule has 5 nitrogen and oxygen atoms in total. The molecular weight excluding hydrogens is 238 g/mol. The van der Waals surface area contributed by atoms with E-state index in [1.165, 1.54) is 11.3 Å². The molecule has 1 aromatic heterocycles. The molecule has 0 saturated carbocycles. The summed E-state index contributed by atoms with van der Waals surface area (Å²) < 4.78 is 5.10. The maximum Gasteiger partial charge on any atom is 0.408 e. The lowest BCUT2D eigenvalue weighted by atomic mass is 10.2. The van der Waals surface area contributed by atoms with Crippen molar-refractivity contribution in [2.24, 2.45) is 0 Å². The van der Waals surface area contributed by atoms with E-state index in [-0.39, 0.29) is 0 Å². The SMILES string of the molecule is CC(=N)c1csc(CNC(=O)OC(C)(C)C)n1. The van der Waals surface area contributed by atoms with E-state index in [1.54, 1.807) is 12.3 Å². The van der Waals surface area contributed by atoms with Crippen LogP contribution in [0.1, 0.15) is 38.4 Å². The molecule has 1 rings (SSSR count). The number of hydrogen-bond acceptors (Lipinski definition) is 5. The normalized spacial score (nSPS) is 11.1. The van der Waals surface area contributed by atoms with Gasteiger partial charge in [-0.1, -0.05) is 0 Å². The van der Waals surface area contributed by atoms with Crippen LogP contribution in [-0.2, 0) is 11.3 Å². The van der Waals surface area contributed by atoms with Gasteiger partial charge >= 0.3 is 6.09 Å². The van der Waals surface area contributed by atoms with Gasteiger partial charge < -0.3 is 15.5 Å². The lowest BCUT2D eigenvalue weighted by Gasteiger charge is -2.19. The lowest BCUT2D eigenvalue weighted by molar-refractivity contribution is 0.0523. The molecule has 17 heavy (non-hydrogen) atoms. The maximum absolute atomic E-state index is 11.4. The van der Waals surface area contributed by atoms with Crippen LogP contribution in [-0.4, -0.2) is 22.4 Å². The summed E-state index contributed by atoms with van der Waals surface area (Å²) in [7, 11) is 0. The fourth-order valence-corrected chi connectivity index (χ4v) is 1.81. The Balaban J connectivity index is 2.45. The van der Waals surface area contributed by atoms with E-state index in [1.807, 2.05) is 20.8 Å². The first-order valence-electron chi connectivity index (χ1n) is 5.25. The minimum atomic E-state index is -0.496. The third-order valence-corrected chi connectivity index (χ3v) is 2.57. The molecule has 1 amide bonds. The van der Waals surface area contributed by atoms with Crippen LogP contribution in [0.2, 0.25) is 0 Å². The van der Waals surface area contributed by atoms with Gasteiger partial charge in [-0.2, -0.15) is 0 Å². The molecule has 0 aromatic carbocycles. The molecule has 1 heterocycles. The van der Waals surface area contributed by atoms with Crippen molar-refractivity contribution in [2.75, 3.05) is 0 Å². The number of hydrogen-bond donors (Lipinski definition) is 2. The van der Waals surface area contributed by atoms with Crippen LogP contribution in [0.15, 0.2) is 5.38 Å². The summed E-state index contributed by atoms with van der Waals surface area (Å²) in [6.07, 6.45) is -0.458. The highest BCUT2D eigenvalue weighted by molar-refractivity contribution is 7.09. The van der Waals surface area contributed by atoms with Gasteiger partial charge in [0.15, 0.2) is 0 Å². The third kappa shape index (κ3) is 4.95. The van der Waals surface area contributed by atoms with Crippen molar-refractivity contribution in [3.05, 3.63) is 16.1 Å². The zero-order valence-corrected chi connectivity index (χ0v) is 11.3. The second-order valence-corrected chi connectivity index (χ2v) is 5.55. The number of amides is 1. The van der Waals surface area contributed by atoms with Crippen LogP contribution in [0, 0.1) is 5.41 Å². The highest BCUT2D eigenvalue weighted by Crippen LogP contribution is 2.11. The number of carbonyl (C=O) groups excluding carboxylic acids is 1. The quantitative estimate of drug-likeness (QED) is 0.815. The van der Waals surface area contributed by atoms with Gasteiger partial charge in [0, 0.05) is 5.38 Å². The first-order valence-corrected chi connectivity index (χ1v) is 6.12. The Labute approximate surface area is 105 Å². The number of ether oxygens (including phenoxy) is 1. The van der Waals surface area contributed by atoms with E-state index in [0.717, 1.165) is 5.01 Å². The van der Waals surface area contributed by atoms with Crippen molar-refractivity contribution in [1.29, 1.82) is 5.41 Å². The molecule has 0 bridgehead atoms. The van der Waals surface area contributed by atoms with Gasteiger partial charge in [0.05, 0.1) is 18.0 Å². The predicted molar refractivity (Wildman–Crippen MR) is 67.7 cm³/mol. The smallest absolute Gasteiger partial charge is 0.408 e. The third-order valence-electron chi connectivity index (χ3n) is 1.72. The highest BCUT2D eigenvalue weighted by Gasteiger charge is 2.16. The second kappa shape index (κ2) is 5.27. The molecular formula is C11H17N3O2S. The van der Waals surface area contributed by atoms with E-state index in [0.29, 0.717) is 18.0 Å². The van der Waals surface area contributed by atoms with E-state index < -0.39 is 11.7 Å². The lowest BCUT2D eigenvalue weighted by Crippen LogP contribution is -2.32. The van der Waals surface area contributed by atoms with Crippen molar-refractivity contribution in [2.45, 2.75) is 39.8 Å². The topological polar surface area (TPSA) is 75.1 Å². The molecule has 0 unspecified atom stereocenters. The zero-order valence-electron chi connectivity index (χ0n) is 10.5.